The number of alkyl halides is 1. The lowest BCUT2D eigenvalue weighted by Gasteiger charge is -2.39. The van der Waals surface area contributed by atoms with Gasteiger partial charge in [0.05, 0.1) is 21.4 Å². The van der Waals surface area contributed by atoms with Crippen molar-refractivity contribution in [2.45, 2.75) is 64.6 Å². The second kappa shape index (κ2) is 10.8. The van der Waals surface area contributed by atoms with Crippen LogP contribution in [-0.2, 0) is 11.2 Å². The average molecular weight is 574 g/mol. The van der Waals surface area contributed by atoms with E-state index in [2.05, 4.69) is 43.9 Å². The lowest BCUT2D eigenvalue weighted by molar-refractivity contribution is -0.118. The molecule has 2 aromatic carbocycles. The Balaban J connectivity index is 1.64. The molecule has 1 saturated heterocycles. The first-order valence-electron chi connectivity index (χ1n) is 13.1. The van der Waals surface area contributed by atoms with E-state index in [1.165, 1.54) is 11.6 Å². The standard InChI is InChI=1S/C31H32Cl3FN2O/c1-31(2,3)36-13-11-19(12-14-36)15-20-16-24(22-8-7-21(35)18-27(22)34)23-9-10-29(38)37(28(23)17-20)30-25(32)5-4-6-26(30)33/h4-6,8,15-18,21H,7,9-14H2,1-3H3. The molecule has 0 aromatic heterocycles. The number of piperidine rings is 1. The highest BCUT2D eigenvalue weighted by molar-refractivity contribution is 6.40. The normalized spacial score (nSPS) is 20.7. The molecule has 200 valence electrons. The van der Waals surface area contributed by atoms with Crippen LogP contribution in [0.3, 0.4) is 0 Å². The summed E-state index contributed by atoms with van der Waals surface area (Å²) in [6.45, 7) is 8.76. The summed E-state index contributed by atoms with van der Waals surface area (Å²) in [5.41, 5.74) is 6.44. The molecule has 3 nitrogen and oxygen atoms in total. The van der Waals surface area contributed by atoms with Gasteiger partial charge in [0, 0.05) is 36.5 Å². The van der Waals surface area contributed by atoms with Gasteiger partial charge in [-0.2, -0.15) is 0 Å². The van der Waals surface area contributed by atoms with E-state index in [1.807, 2.05) is 6.08 Å². The Morgan fingerprint density at radius 3 is 2.32 bits per heavy atom. The largest absolute Gasteiger partial charge is 0.298 e. The van der Waals surface area contributed by atoms with E-state index >= 15 is 0 Å². The monoisotopic (exact) mass is 572 g/mol. The molecule has 2 aliphatic heterocycles. The molecule has 7 heteroatoms. The lowest BCUT2D eigenvalue weighted by Crippen LogP contribution is -2.44. The highest BCUT2D eigenvalue weighted by Crippen LogP contribution is 2.46. The number of anilines is 2. The van der Waals surface area contributed by atoms with Gasteiger partial charge in [-0.3, -0.25) is 14.6 Å². The summed E-state index contributed by atoms with van der Waals surface area (Å²) in [6, 6.07) is 9.43. The number of benzene rings is 2. The predicted molar refractivity (Wildman–Crippen MR) is 158 cm³/mol. The molecule has 1 fully saturated rings. The van der Waals surface area contributed by atoms with Crippen molar-refractivity contribution in [3.8, 4) is 0 Å². The van der Waals surface area contributed by atoms with Gasteiger partial charge in [0.25, 0.3) is 0 Å². The molecular weight excluding hydrogens is 542 g/mol. The van der Waals surface area contributed by atoms with Crippen LogP contribution in [0.15, 0.2) is 53.1 Å². The molecule has 0 spiro atoms. The first-order valence-corrected chi connectivity index (χ1v) is 14.3. The minimum Gasteiger partial charge on any atom is -0.298 e. The number of nitrogens with zero attached hydrogens (tertiary/aromatic N) is 2. The number of halogens is 4. The van der Waals surface area contributed by atoms with Crippen molar-refractivity contribution in [1.29, 1.82) is 0 Å². The van der Waals surface area contributed by atoms with Crippen LogP contribution in [-0.4, -0.2) is 35.6 Å². The molecule has 1 unspecified atom stereocenters. The number of para-hydroxylation sites is 1. The number of hydrogen-bond donors (Lipinski definition) is 0. The van der Waals surface area contributed by atoms with E-state index in [0.29, 0.717) is 33.6 Å². The molecule has 1 amide bonds. The molecule has 1 atom stereocenters. The van der Waals surface area contributed by atoms with E-state index in [9.17, 15) is 9.18 Å². The Labute approximate surface area is 239 Å². The highest BCUT2D eigenvalue weighted by atomic mass is 35.5. The third kappa shape index (κ3) is 5.47. The maximum Gasteiger partial charge on any atom is 0.231 e. The number of amides is 1. The van der Waals surface area contributed by atoms with Crippen molar-refractivity contribution in [2.24, 2.45) is 0 Å². The number of carbonyl (C=O) groups is 1. The van der Waals surface area contributed by atoms with Crippen molar-refractivity contribution in [3.63, 3.8) is 0 Å². The van der Waals surface area contributed by atoms with Gasteiger partial charge in [-0.15, -0.1) is 0 Å². The first-order chi connectivity index (χ1) is 18.0. The van der Waals surface area contributed by atoms with Crippen molar-refractivity contribution in [2.75, 3.05) is 18.0 Å². The molecule has 0 N–H and O–H groups in total. The number of fused-ring (bicyclic) bond motifs is 1. The van der Waals surface area contributed by atoms with Gasteiger partial charge in [-0.05, 0) is 92.6 Å². The fourth-order valence-corrected chi connectivity index (χ4v) is 6.50. The highest BCUT2D eigenvalue weighted by Gasteiger charge is 2.32. The summed E-state index contributed by atoms with van der Waals surface area (Å²) < 4.78 is 14.1. The Bertz CT molecular complexity index is 1340. The van der Waals surface area contributed by atoms with Gasteiger partial charge < -0.3 is 0 Å². The quantitative estimate of drug-likeness (QED) is 0.365. The molecule has 1 aliphatic carbocycles. The molecule has 3 aliphatic rings. The second-order valence-electron chi connectivity index (χ2n) is 11.2. The zero-order valence-corrected chi connectivity index (χ0v) is 24.2. The summed E-state index contributed by atoms with van der Waals surface area (Å²) in [4.78, 5) is 17.5. The SMILES string of the molecule is CC(C)(C)N1CCC(=Cc2cc(C3=CCC(F)C=C3Cl)c3c(c2)N(c2c(Cl)cccc2Cl)C(=O)CC3)CC1. The minimum absolute atomic E-state index is 0.0650. The minimum atomic E-state index is -1.10. The molecule has 38 heavy (non-hydrogen) atoms. The van der Waals surface area contributed by atoms with E-state index < -0.39 is 6.17 Å². The first kappa shape index (κ1) is 27.5. The van der Waals surface area contributed by atoms with E-state index in [0.717, 1.165) is 53.9 Å². The Hall–Kier alpha value is -2.11. The van der Waals surface area contributed by atoms with Crippen molar-refractivity contribution in [1.82, 2.24) is 4.90 Å². The van der Waals surface area contributed by atoms with Crippen LogP contribution in [0, 0.1) is 0 Å². The number of rotatable bonds is 3. The van der Waals surface area contributed by atoms with Crippen LogP contribution < -0.4 is 4.90 Å². The zero-order valence-electron chi connectivity index (χ0n) is 22.0. The number of hydrogen-bond acceptors (Lipinski definition) is 2. The summed E-state index contributed by atoms with van der Waals surface area (Å²) >= 11 is 19.8. The Morgan fingerprint density at radius 1 is 1.00 bits per heavy atom. The van der Waals surface area contributed by atoms with E-state index in [1.54, 1.807) is 23.1 Å². The molecule has 0 saturated carbocycles. The Morgan fingerprint density at radius 2 is 1.68 bits per heavy atom. The summed E-state index contributed by atoms with van der Waals surface area (Å²) in [5, 5.41) is 1.22. The number of carbonyl (C=O) groups excluding carboxylic acids is 1. The van der Waals surface area contributed by atoms with Crippen molar-refractivity contribution >= 4 is 63.7 Å². The fourth-order valence-electron chi connectivity index (χ4n) is 5.62. The predicted octanol–water partition coefficient (Wildman–Crippen LogP) is 9.13. The van der Waals surface area contributed by atoms with E-state index in [-0.39, 0.29) is 17.9 Å². The third-order valence-corrected chi connectivity index (χ3v) is 8.58. The zero-order chi connectivity index (χ0) is 27.2. The van der Waals surface area contributed by atoms with Crippen LogP contribution >= 0.6 is 34.8 Å². The molecule has 0 bridgehead atoms. The fraction of sp³-hybridized carbons (Fsp3) is 0.387. The average Bonchev–Trinajstić information content (AvgIpc) is 2.84. The van der Waals surface area contributed by atoms with Crippen LogP contribution in [0.25, 0.3) is 11.6 Å². The summed E-state index contributed by atoms with van der Waals surface area (Å²) in [5.74, 6) is -0.0650. The van der Waals surface area contributed by atoms with Crippen LogP contribution in [0.1, 0.15) is 63.1 Å². The number of likely N-dealkylation sites (tertiary alicyclic amines) is 1. The van der Waals surface area contributed by atoms with Gasteiger partial charge in [0.2, 0.25) is 5.91 Å². The summed E-state index contributed by atoms with van der Waals surface area (Å²) in [7, 11) is 0. The van der Waals surface area contributed by atoms with Crippen molar-refractivity contribution < 1.29 is 9.18 Å². The van der Waals surface area contributed by atoms with Gasteiger partial charge >= 0.3 is 0 Å². The van der Waals surface area contributed by atoms with Gasteiger partial charge in [-0.1, -0.05) is 58.6 Å². The third-order valence-electron chi connectivity index (χ3n) is 7.64. The molecular formula is C31H32Cl3FN2O. The topological polar surface area (TPSA) is 23.6 Å². The van der Waals surface area contributed by atoms with Crippen molar-refractivity contribution in [3.05, 3.63) is 79.8 Å². The molecule has 2 aromatic rings. The van der Waals surface area contributed by atoms with Crippen LogP contribution in [0.4, 0.5) is 15.8 Å². The second-order valence-corrected chi connectivity index (χ2v) is 12.4. The lowest BCUT2D eigenvalue weighted by atomic mass is 9.86. The molecule has 2 heterocycles. The summed E-state index contributed by atoms with van der Waals surface area (Å²) in [6.07, 6.45) is 7.57. The van der Waals surface area contributed by atoms with Gasteiger partial charge in [0.1, 0.15) is 6.17 Å². The van der Waals surface area contributed by atoms with Gasteiger partial charge in [-0.25, -0.2) is 4.39 Å². The number of allylic oxidation sites excluding steroid dienone is 4. The van der Waals surface area contributed by atoms with E-state index in [4.69, 9.17) is 34.8 Å². The maximum absolute atomic E-state index is 14.1. The molecule has 5 rings (SSSR count). The smallest absolute Gasteiger partial charge is 0.231 e. The Kier molecular flexibility index (Phi) is 7.81. The van der Waals surface area contributed by atoms with Crippen LogP contribution in [0.2, 0.25) is 10.0 Å². The maximum atomic E-state index is 14.1. The molecule has 0 radical (unpaired) electrons. The van der Waals surface area contributed by atoms with Crippen LogP contribution in [0.5, 0.6) is 0 Å². The van der Waals surface area contributed by atoms with Gasteiger partial charge in [0.15, 0.2) is 0 Å².